The van der Waals surface area contributed by atoms with Gasteiger partial charge in [0.1, 0.15) is 0 Å². The van der Waals surface area contributed by atoms with E-state index in [1.54, 1.807) is 4.90 Å². The molecule has 0 radical (unpaired) electrons. The Morgan fingerprint density at radius 1 is 1.57 bits per heavy atom. The fourth-order valence-electron chi connectivity index (χ4n) is 1.46. The van der Waals surface area contributed by atoms with Gasteiger partial charge in [0.25, 0.3) is 0 Å². The molecule has 82 valence electrons. The number of hydrogen-bond acceptors (Lipinski definition) is 3. The highest BCUT2D eigenvalue weighted by Gasteiger charge is 2.14. The van der Waals surface area contributed by atoms with Gasteiger partial charge in [-0.3, -0.25) is 4.79 Å². The van der Waals surface area contributed by atoms with Crippen LogP contribution in [0.5, 0.6) is 0 Å². The van der Waals surface area contributed by atoms with Gasteiger partial charge in [-0.15, -0.1) is 0 Å². The molecule has 1 atom stereocenters. The van der Waals surface area contributed by atoms with Gasteiger partial charge in [0.15, 0.2) is 0 Å². The molecule has 1 N–H and O–H groups in total. The summed E-state index contributed by atoms with van der Waals surface area (Å²) in [6.07, 6.45) is 2.91. The van der Waals surface area contributed by atoms with E-state index in [1.807, 2.05) is 25.9 Å². The Balaban J connectivity index is 1.96. The van der Waals surface area contributed by atoms with Gasteiger partial charge < -0.3 is 10.2 Å². The first-order chi connectivity index (χ1) is 6.70. The molecule has 1 aliphatic heterocycles. The lowest BCUT2D eigenvalue weighted by atomic mass is 10.2. The van der Waals surface area contributed by atoms with Crippen LogP contribution in [0, 0.1) is 0 Å². The summed E-state index contributed by atoms with van der Waals surface area (Å²) >= 11 is 2.01. The van der Waals surface area contributed by atoms with E-state index in [2.05, 4.69) is 5.32 Å². The fraction of sp³-hybridized carbons (Fsp3) is 0.900. The molecule has 4 heteroatoms. The molecule has 0 spiro atoms. The summed E-state index contributed by atoms with van der Waals surface area (Å²) in [7, 11) is 3.62. The Hall–Kier alpha value is -0.220. The van der Waals surface area contributed by atoms with Crippen molar-refractivity contribution in [3.8, 4) is 0 Å². The average Bonchev–Trinajstić information content (AvgIpc) is 2.64. The molecule has 14 heavy (non-hydrogen) atoms. The number of amides is 1. The van der Waals surface area contributed by atoms with Crippen molar-refractivity contribution in [2.45, 2.75) is 25.3 Å². The van der Waals surface area contributed by atoms with Crippen molar-refractivity contribution in [1.29, 1.82) is 0 Å². The minimum atomic E-state index is 0.229. The first kappa shape index (κ1) is 11.9. The average molecular weight is 216 g/mol. The monoisotopic (exact) mass is 216 g/mol. The lowest BCUT2D eigenvalue weighted by Gasteiger charge is -2.12. The van der Waals surface area contributed by atoms with Crippen molar-refractivity contribution in [2.75, 3.05) is 32.1 Å². The Kier molecular flexibility index (Phi) is 5.33. The molecule has 0 aliphatic carbocycles. The van der Waals surface area contributed by atoms with E-state index in [1.165, 1.54) is 17.9 Å². The minimum absolute atomic E-state index is 0.229. The smallest absolute Gasteiger partial charge is 0.222 e. The van der Waals surface area contributed by atoms with Crippen molar-refractivity contribution < 1.29 is 4.79 Å². The Labute approximate surface area is 90.6 Å². The van der Waals surface area contributed by atoms with Gasteiger partial charge in [-0.2, -0.15) is 11.8 Å². The second-order valence-electron chi connectivity index (χ2n) is 3.91. The van der Waals surface area contributed by atoms with Gasteiger partial charge in [-0.1, -0.05) is 0 Å². The van der Waals surface area contributed by atoms with Crippen molar-refractivity contribution in [3.05, 3.63) is 0 Å². The predicted molar refractivity (Wildman–Crippen MR) is 61.7 cm³/mol. The topological polar surface area (TPSA) is 32.3 Å². The summed E-state index contributed by atoms with van der Waals surface area (Å²) in [4.78, 5) is 12.9. The maximum Gasteiger partial charge on any atom is 0.222 e. The van der Waals surface area contributed by atoms with Crippen LogP contribution in [-0.2, 0) is 4.79 Å². The van der Waals surface area contributed by atoms with Crippen LogP contribution in [0.15, 0.2) is 0 Å². The molecule has 3 nitrogen and oxygen atoms in total. The Morgan fingerprint density at radius 2 is 2.36 bits per heavy atom. The number of rotatable bonds is 5. The highest BCUT2D eigenvalue weighted by atomic mass is 32.2. The van der Waals surface area contributed by atoms with E-state index in [9.17, 15) is 4.79 Å². The molecule has 1 fully saturated rings. The quantitative estimate of drug-likeness (QED) is 0.695. The number of carbonyl (C=O) groups excluding carboxylic acids is 1. The van der Waals surface area contributed by atoms with Crippen LogP contribution >= 0.6 is 11.8 Å². The third-order valence-corrected chi connectivity index (χ3v) is 3.59. The fourth-order valence-corrected chi connectivity index (χ4v) is 2.65. The van der Waals surface area contributed by atoms with Crippen LogP contribution in [0.3, 0.4) is 0 Å². The summed E-state index contributed by atoms with van der Waals surface area (Å²) in [5.74, 6) is 2.75. The molecule has 1 heterocycles. The second kappa shape index (κ2) is 6.30. The second-order valence-corrected chi connectivity index (χ2v) is 5.06. The molecule has 0 aromatic carbocycles. The molecule has 0 bridgehead atoms. The normalized spacial score (nSPS) is 21.1. The molecule has 1 unspecified atom stereocenters. The zero-order valence-electron chi connectivity index (χ0n) is 9.08. The molecule has 1 amide bonds. The molecule has 1 rings (SSSR count). The van der Waals surface area contributed by atoms with Crippen molar-refractivity contribution in [2.24, 2.45) is 0 Å². The summed E-state index contributed by atoms with van der Waals surface area (Å²) in [6.45, 7) is 0.977. The number of thioether (sulfide) groups is 1. The molecule has 0 aromatic heterocycles. The SMILES string of the molecule is CN(C)C(=O)CCCNC1CCSC1. The van der Waals surface area contributed by atoms with E-state index in [4.69, 9.17) is 0 Å². The van der Waals surface area contributed by atoms with Gasteiger partial charge >= 0.3 is 0 Å². The van der Waals surface area contributed by atoms with Crippen LogP contribution in [0.4, 0.5) is 0 Å². The summed E-state index contributed by atoms with van der Waals surface area (Å²) < 4.78 is 0. The molecule has 0 saturated carbocycles. The van der Waals surface area contributed by atoms with E-state index >= 15 is 0 Å². The third kappa shape index (κ3) is 4.33. The number of hydrogen-bond donors (Lipinski definition) is 1. The Bertz CT molecular complexity index is 179. The van der Waals surface area contributed by atoms with Crippen molar-refractivity contribution in [1.82, 2.24) is 10.2 Å². The first-order valence-corrected chi connectivity index (χ1v) is 6.37. The number of nitrogens with one attached hydrogen (secondary N) is 1. The summed E-state index contributed by atoms with van der Waals surface area (Å²) in [5.41, 5.74) is 0. The van der Waals surface area contributed by atoms with Gasteiger partial charge in [-0.05, 0) is 25.1 Å². The van der Waals surface area contributed by atoms with Crippen LogP contribution in [-0.4, -0.2) is 49.0 Å². The number of carbonyl (C=O) groups is 1. The Morgan fingerprint density at radius 3 is 2.93 bits per heavy atom. The third-order valence-electron chi connectivity index (χ3n) is 2.43. The largest absolute Gasteiger partial charge is 0.349 e. The van der Waals surface area contributed by atoms with Gasteiger partial charge in [0, 0.05) is 32.3 Å². The van der Waals surface area contributed by atoms with Gasteiger partial charge in [0.05, 0.1) is 0 Å². The van der Waals surface area contributed by atoms with E-state index < -0.39 is 0 Å². The van der Waals surface area contributed by atoms with Crippen LogP contribution in [0.25, 0.3) is 0 Å². The zero-order valence-corrected chi connectivity index (χ0v) is 9.90. The van der Waals surface area contributed by atoms with Crippen LogP contribution in [0.1, 0.15) is 19.3 Å². The van der Waals surface area contributed by atoms with E-state index in [0.717, 1.165) is 13.0 Å². The zero-order chi connectivity index (χ0) is 10.4. The van der Waals surface area contributed by atoms with Crippen molar-refractivity contribution in [3.63, 3.8) is 0 Å². The first-order valence-electron chi connectivity index (χ1n) is 5.21. The highest BCUT2D eigenvalue weighted by molar-refractivity contribution is 7.99. The molecular weight excluding hydrogens is 196 g/mol. The number of nitrogens with zero attached hydrogens (tertiary/aromatic N) is 1. The van der Waals surface area contributed by atoms with Gasteiger partial charge in [-0.25, -0.2) is 0 Å². The lowest BCUT2D eigenvalue weighted by Crippen LogP contribution is -2.30. The maximum atomic E-state index is 11.2. The molecule has 1 aliphatic rings. The standard InChI is InChI=1S/C10H20N2OS/c1-12(2)10(13)4-3-6-11-9-5-7-14-8-9/h9,11H,3-8H2,1-2H3. The highest BCUT2D eigenvalue weighted by Crippen LogP contribution is 2.16. The molecule has 0 aromatic rings. The lowest BCUT2D eigenvalue weighted by molar-refractivity contribution is -0.128. The summed E-state index contributed by atoms with van der Waals surface area (Å²) in [5, 5.41) is 3.48. The summed E-state index contributed by atoms with van der Waals surface area (Å²) in [6, 6.07) is 0.689. The maximum absolute atomic E-state index is 11.2. The predicted octanol–water partition coefficient (Wildman–Crippen LogP) is 0.950. The van der Waals surface area contributed by atoms with E-state index in [-0.39, 0.29) is 5.91 Å². The van der Waals surface area contributed by atoms with E-state index in [0.29, 0.717) is 12.5 Å². The minimum Gasteiger partial charge on any atom is -0.349 e. The van der Waals surface area contributed by atoms with Crippen LogP contribution < -0.4 is 5.32 Å². The van der Waals surface area contributed by atoms with Gasteiger partial charge in [0.2, 0.25) is 5.91 Å². The van der Waals surface area contributed by atoms with Crippen molar-refractivity contribution >= 4 is 17.7 Å². The molecular formula is C10H20N2OS. The van der Waals surface area contributed by atoms with Crippen LogP contribution in [0.2, 0.25) is 0 Å². The molecule has 1 saturated heterocycles.